The van der Waals surface area contributed by atoms with Crippen LogP contribution in [0.25, 0.3) is 0 Å². The number of ether oxygens (including phenoxy) is 1. The lowest BCUT2D eigenvalue weighted by atomic mass is 10.0. The molecule has 1 aliphatic heterocycles. The van der Waals surface area contributed by atoms with Crippen LogP contribution in [0.3, 0.4) is 0 Å². The largest absolute Gasteiger partial charge is 0.378 e. The molecule has 1 fully saturated rings. The number of amides is 3. The second-order valence-electron chi connectivity index (χ2n) is 6.56. The molecule has 2 atom stereocenters. The highest BCUT2D eigenvalue weighted by Gasteiger charge is 2.26. The predicted octanol–water partition coefficient (Wildman–Crippen LogP) is 1.64. The Labute approximate surface area is 144 Å². The first-order valence-electron chi connectivity index (χ1n) is 8.81. The average molecular weight is 338 g/mol. The fourth-order valence-corrected chi connectivity index (χ4v) is 2.56. The van der Waals surface area contributed by atoms with Gasteiger partial charge in [-0.15, -0.1) is 0 Å². The molecule has 136 valence electrons. The molecule has 1 saturated heterocycles. The molecule has 0 bridgehead atoms. The van der Waals surface area contributed by atoms with Gasteiger partial charge in [0.25, 0.3) is 0 Å². The Morgan fingerprint density at radius 2 is 1.92 bits per heavy atom. The Bertz CT molecular complexity index is 442. The lowest BCUT2D eigenvalue weighted by Crippen LogP contribution is -2.54. The molecule has 0 unspecified atom stereocenters. The van der Waals surface area contributed by atoms with Crippen LogP contribution in [0.4, 0.5) is 4.79 Å². The lowest BCUT2D eigenvalue weighted by Gasteiger charge is -2.29. The van der Waals surface area contributed by atoms with Crippen molar-refractivity contribution in [1.82, 2.24) is 15.5 Å². The predicted molar refractivity (Wildman–Crippen MR) is 91.2 cm³/mol. The maximum Gasteiger partial charge on any atom is 0.318 e. The minimum Gasteiger partial charge on any atom is -0.378 e. The Kier molecular flexibility index (Phi) is 9.16. The van der Waals surface area contributed by atoms with Crippen molar-refractivity contribution >= 4 is 11.9 Å². The van der Waals surface area contributed by atoms with E-state index >= 15 is 0 Å². The molecule has 0 aromatic rings. The molecular formula is C17H30N4O3. The molecule has 24 heavy (non-hydrogen) atoms. The Morgan fingerprint density at radius 1 is 1.25 bits per heavy atom. The number of hydrogen-bond donors (Lipinski definition) is 2. The maximum absolute atomic E-state index is 12.5. The number of hydrogen-bond acceptors (Lipinski definition) is 4. The monoisotopic (exact) mass is 338 g/mol. The van der Waals surface area contributed by atoms with E-state index in [1.54, 1.807) is 4.90 Å². The zero-order chi connectivity index (χ0) is 17.9. The van der Waals surface area contributed by atoms with E-state index in [1.807, 2.05) is 20.8 Å². The first kappa shape index (κ1) is 20.2. The molecule has 0 aromatic carbocycles. The molecule has 0 aromatic heterocycles. The van der Waals surface area contributed by atoms with Crippen molar-refractivity contribution < 1.29 is 14.3 Å². The van der Waals surface area contributed by atoms with Gasteiger partial charge < -0.3 is 20.3 Å². The summed E-state index contributed by atoms with van der Waals surface area (Å²) < 4.78 is 5.23. The van der Waals surface area contributed by atoms with Gasteiger partial charge in [0.05, 0.1) is 19.3 Å². The molecule has 1 heterocycles. The van der Waals surface area contributed by atoms with E-state index in [0.717, 1.165) is 12.8 Å². The molecular weight excluding hydrogens is 308 g/mol. The summed E-state index contributed by atoms with van der Waals surface area (Å²) in [5, 5.41) is 14.7. The van der Waals surface area contributed by atoms with E-state index in [-0.39, 0.29) is 17.9 Å². The maximum atomic E-state index is 12.5. The molecule has 0 saturated carbocycles. The minimum atomic E-state index is -0.627. The highest BCUT2D eigenvalue weighted by atomic mass is 16.5. The van der Waals surface area contributed by atoms with Gasteiger partial charge in [-0.3, -0.25) is 4.79 Å². The number of nitrogens with one attached hydrogen (secondary N) is 2. The normalized spacial score (nSPS) is 17.0. The van der Waals surface area contributed by atoms with E-state index in [9.17, 15) is 14.9 Å². The third kappa shape index (κ3) is 7.18. The van der Waals surface area contributed by atoms with E-state index < -0.39 is 12.1 Å². The van der Waals surface area contributed by atoms with Gasteiger partial charge in [-0.2, -0.15) is 5.26 Å². The molecule has 7 heteroatoms. The highest BCUT2D eigenvalue weighted by molar-refractivity contribution is 5.87. The molecule has 0 aliphatic carbocycles. The van der Waals surface area contributed by atoms with Crippen molar-refractivity contribution in [3.8, 4) is 6.07 Å². The summed E-state index contributed by atoms with van der Waals surface area (Å²) in [7, 11) is 0. The summed E-state index contributed by atoms with van der Waals surface area (Å²) in [5.41, 5.74) is 0. The van der Waals surface area contributed by atoms with Crippen molar-refractivity contribution in [2.45, 2.75) is 58.5 Å². The van der Waals surface area contributed by atoms with Crippen molar-refractivity contribution in [3.05, 3.63) is 0 Å². The van der Waals surface area contributed by atoms with Crippen molar-refractivity contribution in [1.29, 1.82) is 5.26 Å². The lowest BCUT2D eigenvalue weighted by molar-refractivity contribution is -0.123. The van der Waals surface area contributed by atoms with Crippen LogP contribution in [0.5, 0.6) is 0 Å². The highest BCUT2D eigenvalue weighted by Crippen LogP contribution is 2.08. The van der Waals surface area contributed by atoms with Gasteiger partial charge in [-0.1, -0.05) is 33.6 Å². The van der Waals surface area contributed by atoms with Gasteiger partial charge in [-0.05, 0) is 18.8 Å². The number of urea groups is 1. The van der Waals surface area contributed by atoms with Gasteiger partial charge in [-0.25, -0.2) is 4.79 Å². The first-order chi connectivity index (χ1) is 11.5. The Hall–Kier alpha value is -1.81. The number of morpholine rings is 1. The fourth-order valence-electron chi connectivity index (χ4n) is 2.56. The van der Waals surface area contributed by atoms with E-state index in [4.69, 9.17) is 4.74 Å². The van der Waals surface area contributed by atoms with Crippen LogP contribution in [0.15, 0.2) is 0 Å². The summed E-state index contributed by atoms with van der Waals surface area (Å²) in [4.78, 5) is 26.5. The van der Waals surface area contributed by atoms with Crippen LogP contribution in [-0.4, -0.2) is 55.2 Å². The van der Waals surface area contributed by atoms with Gasteiger partial charge in [0.2, 0.25) is 5.91 Å². The summed E-state index contributed by atoms with van der Waals surface area (Å²) in [6, 6.07) is 0.738. The summed E-state index contributed by atoms with van der Waals surface area (Å²) in [6.45, 7) is 8.13. The van der Waals surface area contributed by atoms with Gasteiger partial charge in [0.1, 0.15) is 12.1 Å². The third-order valence-corrected chi connectivity index (χ3v) is 3.94. The van der Waals surface area contributed by atoms with Crippen molar-refractivity contribution in [3.63, 3.8) is 0 Å². The molecule has 1 rings (SSSR count). The molecule has 1 aliphatic rings. The standard InChI is InChI=1S/C17H30N4O3/c1-4-5-6-14(12-18)19-16(22)15(11-13(2)3)20-17(23)21-7-9-24-10-8-21/h13-15H,4-11H2,1-3H3,(H,19,22)(H,20,23)/t14-,15-/m0/s1. The van der Waals surface area contributed by atoms with Crippen LogP contribution in [0, 0.1) is 17.2 Å². The van der Waals surface area contributed by atoms with Crippen LogP contribution in [-0.2, 0) is 9.53 Å². The SMILES string of the molecule is CCCC[C@@H](C#N)NC(=O)[C@H](CC(C)C)NC(=O)N1CCOCC1. The zero-order valence-electron chi connectivity index (χ0n) is 15.0. The van der Waals surface area contributed by atoms with Crippen molar-refractivity contribution in [2.24, 2.45) is 5.92 Å². The number of carbonyl (C=O) groups is 2. The van der Waals surface area contributed by atoms with Crippen LogP contribution in [0.2, 0.25) is 0 Å². The third-order valence-electron chi connectivity index (χ3n) is 3.94. The van der Waals surface area contributed by atoms with E-state index in [0.29, 0.717) is 39.1 Å². The smallest absolute Gasteiger partial charge is 0.318 e. The molecule has 3 amide bonds. The van der Waals surface area contributed by atoms with E-state index in [1.165, 1.54) is 0 Å². The van der Waals surface area contributed by atoms with Crippen LogP contribution in [0.1, 0.15) is 46.5 Å². The van der Waals surface area contributed by atoms with Crippen molar-refractivity contribution in [2.75, 3.05) is 26.3 Å². The van der Waals surface area contributed by atoms with Crippen LogP contribution < -0.4 is 10.6 Å². The molecule has 0 radical (unpaired) electrons. The average Bonchev–Trinajstić information content (AvgIpc) is 2.58. The fraction of sp³-hybridized carbons (Fsp3) is 0.824. The van der Waals surface area contributed by atoms with E-state index in [2.05, 4.69) is 16.7 Å². The van der Waals surface area contributed by atoms with Gasteiger partial charge in [0, 0.05) is 13.1 Å². The quantitative estimate of drug-likeness (QED) is 0.703. The topological polar surface area (TPSA) is 94.5 Å². The number of rotatable bonds is 8. The number of unbranched alkanes of at least 4 members (excludes halogenated alkanes) is 1. The molecule has 7 nitrogen and oxygen atoms in total. The summed E-state index contributed by atoms with van der Waals surface area (Å²) >= 11 is 0. The number of nitriles is 1. The van der Waals surface area contributed by atoms with Crippen LogP contribution >= 0.6 is 0 Å². The Balaban J connectivity index is 2.63. The van der Waals surface area contributed by atoms with Gasteiger partial charge in [0.15, 0.2) is 0 Å². The summed E-state index contributed by atoms with van der Waals surface area (Å²) in [5.74, 6) is -0.0325. The van der Waals surface area contributed by atoms with Gasteiger partial charge >= 0.3 is 6.03 Å². The second kappa shape index (κ2) is 10.9. The number of nitrogens with zero attached hydrogens (tertiary/aromatic N) is 2. The minimum absolute atomic E-state index is 0.249. The molecule has 2 N–H and O–H groups in total. The first-order valence-corrected chi connectivity index (χ1v) is 8.81. The summed E-state index contributed by atoms with van der Waals surface area (Å²) in [6.07, 6.45) is 3.02. The second-order valence-corrected chi connectivity index (χ2v) is 6.56. The zero-order valence-corrected chi connectivity index (χ0v) is 15.0. The number of carbonyl (C=O) groups excluding carboxylic acids is 2. The molecule has 0 spiro atoms. The Morgan fingerprint density at radius 3 is 2.46 bits per heavy atom.